The van der Waals surface area contributed by atoms with E-state index in [4.69, 9.17) is 4.74 Å². The highest BCUT2D eigenvalue weighted by Crippen LogP contribution is 2.22. The van der Waals surface area contributed by atoms with Crippen LogP contribution in [-0.4, -0.2) is 23.9 Å². The maximum Gasteiger partial charge on any atom is 0.277 e. The number of rotatable bonds is 3. The number of benzene rings is 1. The van der Waals surface area contributed by atoms with Crippen LogP contribution in [0.2, 0.25) is 0 Å². The monoisotopic (exact) mass is 206 g/mol. The predicted molar refractivity (Wildman–Crippen MR) is 54.4 cm³/mol. The van der Waals surface area contributed by atoms with Gasteiger partial charge in [0.25, 0.3) is 12.4 Å². The number of nitrogens with zero attached hydrogens (tertiary/aromatic N) is 2. The van der Waals surface area contributed by atoms with Gasteiger partial charge in [-0.15, -0.1) is 0 Å². The summed E-state index contributed by atoms with van der Waals surface area (Å²) in [5.74, 6) is 0.217. The Balaban J connectivity index is 1.99. The van der Waals surface area contributed by atoms with Gasteiger partial charge in [-0.25, -0.2) is 4.99 Å². The summed E-state index contributed by atoms with van der Waals surface area (Å²) in [6.07, 6.45) is -0.166. The van der Waals surface area contributed by atoms with E-state index in [1.807, 2.05) is 30.3 Å². The molecule has 1 aromatic rings. The Kier molecular flexibility index (Phi) is 2.62. The van der Waals surface area contributed by atoms with E-state index in [1.165, 1.54) is 0 Å². The SMILES string of the molecule is O=[N+]([O-])CC1=NCC(c2ccccc2)O1. The van der Waals surface area contributed by atoms with Crippen molar-refractivity contribution >= 4 is 5.90 Å². The average Bonchev–Trinajstić information content (AvgIpc) is 2.67. The van der Waals surface area contributed by atoms with Crippen LogP contribution >= 0.6 is 0 Å². The van der Waals surface area contributed by atoms with Crippen molar-refractivity contribution in [1.29, 1.82) is 0 Å². The molecule has 5 nitrogen and oxygen atoms in total. The molecule has 0 fully saturated rings. The van der Waals surface area contributed by atoms with Crippen LogP contribution in [0.5, 0.6) is 0 Å². The second kappa shape index (κ2) is 4.08. The lowest BCUT2D eigenvalue weighted by Gasteiger charge is -2.09. The molecule has 1 atom stereocenters. The topological polar surface area (TPSA) is 64.7 Å². The summed E-state index contributed by atoms with van der Waals surface area (Å²) in [5, 5.41) is 10.2. The van der Waals surface area contributed by atoms with Crippen molar-refractivity contribution in [3.8, 4) is 0 Å². The second-order valence-corrected chi connectivity index (χ2v) is 3.24. The van der Waals surface area contributed by atoms with Gasteiger partial charge in [0.1, 0.15) is 6.10 Å². The molecular weight excluding hydrogens is 196 g/mol. The first-order valence-corrected chi connectivity index (χ1v) is 4.62. The molecule has 0 N–H and O–H groups in total. The molecule has 0 radical (unpaired) electrons. The molecule has 2 rings (SSSR count). The molecule has 0 aliphatic carbocycles. The fourth-order valence-electron chi connectivity index (χ4n) is 1.46. The third-order valence-corrected chi connectivity index (χ3v) is 2.15. The molecule has 1 aliphatic rings. The summed E-state index contributed by atoms with van der Waals surface area (Å²) >= 11 is 0. The Morgan fingerprint density at radius 1 is 1.47 bits per heavy atom. The van der Waals surface area contributed by atoms with Crippen LogP contribution in [0.3, 0.4) is 0 Å². The highest BCUT2D eigenvalue weighted by atomic mass is 16.6. The van der Waals surface area contributed by atoms with Gasteiger partial charge in [0.2, 0.25) is 0 Å². The minimum Gasteiger partial charge on any atom is -0.466 e. The van der Waals surface area contributed by atoms with Crippen molar-refractivity contribution in [3.63, 3.8) is 0 Å². The Morgan fingerprint density at radius 3 is 2.87 bits per heavy atom. The summed E-state index contributed by atoms with van der Waals surface area (Å²) < 4.78 is 5.37. The van der Waals surface area contributed by atoms with Gasteiger partial charge in [0, 0.05) is 4.92 Å². The standard InChI is InChI=1S/C10H10N2O3/c13-12(14)7-10-11-6-9(15-10)8-4-2-1-3-5-8/h1-5,9H,6-7H2. The molecular formula is C10H10N2O3. The van der Waals surface area contributed by atoms with E-state index in [-0.39, 0.29) is 18.5 Å². The first kappa shape index (κ1) is 9.64. The normalized spacial score (nSPS) is 19.5. The fourth-order valence-corrected chi connectivity index (χ4v) is 1.46. The van der Waals surface area contributed by atoms with Gasteiger partial charge < -0.3 is 4.74 Å². The largest absolute Gasteiger partial charge is 0.466 e. The maximum atomic E-state index is 10.2. The van der Waals surface area contributed by atoms with E-state index in [2.05, 4.69) is 4.99 Å². The number of hydrogen-bond donors (Lipinski definition) is 0. The predicted octanol–water partition coefficient (Wildman–Crippen LogP) is 1.43. The zero-order valence-electron chi connectivity index (χ0n) is 8.00. The van der Waals surface area contributed by atoms with E-state index in [0.29, 0.717) is 6.54 Å². The van der Waals surface area contributed by atoms with Crippen LogP contribution < -0.4 is 0 Å². The molecule has 0 saturated heterocycles. The van der Waals surface area contributed by atoms with E-state index in [0.717, 1.165) is 5.56 Å². The number of aliphatic imine (C=N–C) groups is 1. The third-order valence-electron chi connectivity index (χ3n) is 2.15. The number of hydrogen-bond acceptors (Lipinski definition) is 4. The van der Waals surface area contributed by atoms with Crippen molar-refractivity contribution < 1.29 is 9.66 Å². The molecule has 15 heavy (non-hydrogen) atoms. The zero-order chi connectivity index (χ0) is 10.7. The van der Waals surface area contributed by atoms with Crippen LogP contribution in [0, 0.1) is 10.1 Å². The minimum absolute atomic E-state index is 0.166. The molecule has 78 valence electrons. The van der Waals surface area contributed by atoms with E-state index >= 15 is 0 Å². The zero-order valence-corrected chi connectivity index (χ0v) is 8.00. The molecule has 0 amide bonds. The van der Waals surface area contributed by atoms with Crippen molar-refractivity contribution in [2.75, 3.05) is 13.1 Å². The first-order valence-electron chi connectivity index (χ1n) is 4.62. The Bertz CT molecular complexity index is 389. The highest BCUT2D eigenvalue weighted by Gasteiger charge is 2.24. The van der Waals surface area contributed by atoms with E-state index < -0.39 is 4.92 Å². The van der Waals surface area contributed by atoms with Gasteiger partial charge in [-0.05, 0) is 5.56 Å². The van der Waals surface area contributed by atoms with Gasteiger partial charge in [0.15, 0.2) is 0 Å². The van der Waals surface area contributed by atoms with Crippen LogP contribution in [0.4, 0.5) is 0 Å². The Morgan fingerprint density at radius 2 is 2.20 bits per heavy atom. The number of ether oxygens (including phenoxy) is 1. The third kappa shape index (κ3) is 2.31. The lowest BCUT2D eigenvalue weighted by Crippen LogP contribution is -2.15. The second-order valence-electron chi connectivity index (χ2n) is 3.24. The summed E-state index contributed by atoms with van der Waals surface area (Å²) in [6, 6.07) is 9.58. The van der Waals surface area contributed by atoms with Crippen LogP contribution in [0.15, 0.2) is 35.3 Å². The molecule has 0 saturated carbocycles. The van der Waals surface area contributed by atoms with Crippen molar-refractivity contribution in [3.05, 3.63) is 46.0 Å². The Hall–Kier alpha value is -1.91. The smallest absolute Gasteiger partial charge is 0.277 e. The highest BCUT2D eigenvalue weighted by molar-refractivity contribution is 5.78. The maximum absolute atomic E-state index is 10.2. The molecule has 1 unspecified atom stereocenters. The number of nitro groups is 1. The quantitative estimate of drug-likeness (QED) is 0.555. The molecule has 0 aromatic heterocycles. The van der Waals surface area contributed by atoms with Gasteiger partial charge in [0.05, 0.1) is 6.54 Å². The average molecular weight is 206 g/mol. The van der Waals surface area contributed by atoms with E-state index in [9.17, 15) is 10.1 Å². The first-order chi connectivity index (χ1) is 7.25. The molecule has 1 aliphatic heterocycles. The molecule has 1 aromatic carbocycles. The van der Waals surface area contributed by atoms with Crippen LogP contribution in [0.1, 0.15) is 11.7 Å². The summed E-state index contributed by atoms with van der Waals surface area (Å²) in [4.78, 5) is 13.8. The molecule has 0 bridgehead atoms. The summed E-state index contributed by atoms with van der Waals surface area (Å²) in [7, 11) is 0. The van der Waals surface area contributed by atoms with Gasteiger partial charge in [-0.1, -0.05) is 30.3 Å². The van der Waals surface area contributed by atoms with E-state index in [1.54, 1.807) is 0 Å². The van der Waals surface area contributed by atoms with Gasteiger partial charge >= 0.3 is 0 Å². The fraction of sp³-hybridized carbons (Fsp3) is 0.300. The van der Waals surface area contributed by atoms with Crippen molar-refractivity contribution in [1.82, 2.24) is 0 Å². The Labute approximate surface area is 86.5 Å². The van der Waals surface area contributed by atoms with Gasteiger partial charge in [-0.2, -0.15) is 0 Å². The van der Waals surface area contributed by atoms with Gasteiger partial charge in [-0.3, -0.25) is 10.1 Å². The van der Waals surface area contributed by atoms with Crippen molar-refractivity contribution in [2.24, 2.45) is 4.99 Å². The molecule has 5 heteroatoms. The van der Waals surface area contributed by atoms with Crippen LogP contribution in [-0.2, 0) is 4.74 Å². The lowest BCUT2D eigenvalue weighted by atomic mass is 10.1. The lowest BCUT2D eigenvalue weighted by molar-refractivity contribution is -0.465. The molecule has 1 heterocycles. The van der Waals surface area contributed by atoms with Crippen LogP contribution in [0.25, 0.3) is 0 Å². The summed E-state index contributed by atoms with van der Waals surface area (Å²) in [6.45, 7) is 0.135. The summed E-state index contributed by atoms with van der Waals surface area (Å²) in [5.41, 5.74) is 1.000. The molecule has 0 spiro atoms. The minimum atomic E-state index is -0.438. The van der Waals surface area contributed by atoms with Crippen molar-refractivity contribution in [2.45, 2.75) is 6.10 Å².